The number of carbonyl (C=O) groups is 1. The minimum absolute atomic E-state index is 0.309. The number of benzene rings is 2. The lowest BCUT2D eigenvalue weighted by atomic mass is 9.94. The van der Waals surface area contributed by atoms with E-state index in [4.69, 9.17) is 4.74 Å². The lowest BCUT2D eigenvalue weighted by molar-refractivity contribution is 0.0734. The summed E-state index contributed by atoms with van der Waals surface area (Å²) in [5, 5.41) is 0. The van der Waals surface area contributed by atoms with Gasteiger partial charge in [-0.15, -0.1) is 0 Å². The molecule has 2 rings (SSSR count). The topological polar surface area (TPSA) is 26.3 Å². The second-order valence-electron chi connectivity index (χ2n) is 5.72. The first-order chi connectivity index (χ1) is 11.7. The molecule has 2 heteroatoms. The molecular weight excluding hydrogens is 296 g/mol. The highest BCUT2D eigenvalue weighted by molar-refractivity contribution is 5.91. The second kappa shape index (κ2) is 11.4. The van der Waals surface area contributed by atoms with Gasteiger partial charge in [0.1, 0.15) is 5.75 Å². The lowest BCUT2D eigenvalue weighted by Gasteiger charge is -2.12. The maximum atomic E-state index is 12.1. The third-order valence-corrected chi connectivity index (χ3v) is 3.91. The molecule has 0 fully saturated rings. The van der Waals surface area contributed by atoms with E-state index in [0.717, 1.165) is 0 Å². The third-order valence-electron chi connectivity index (χ3n) is 3.91. The summed E-state index contributed by atoms with van der Waals surface area (Å²) >= 11 is 0. The van der Waals surface area contributed by atoms with Crippen molar-refractivity contribution in [3.8, 4) is 5.75 Å². The van der Waals surface area contributed by atoms with Gasteiger partial charge < -0.3 is 4.74 Å². The van der Waals surface area contributed by atoms with E-state index in [-0.39, 0.29) is 5.97 Å². The fourth-order valence-electron chi connectivity index (χ4n) is 2.47. The Morgan fingerprint density at radius 3 is 2.17 bits per heavy atom. The number of carbonyl (C=O) groups excluding carboxylic acids is 1. The summed E-state index contributed by atoms with van der Waals surface area (Å²) in [7, 11) is 0. The molecule has 0 aliphatic rings. The molecule has 0 bridgehead atoms. The van der Waals surface area contributed by atoms with Crippen LogP contribution in [-0.2, 0) is 0 Å². The van der Waals surface area contributed by atoms with Crippen LogP contribution in [0.2, 0.25) is 0 Å². The van der Waals surface area contributed by atoms with Crippen LogP contribution in [0.15, 0.2) is 54.6 Å². The quantitative estimate of drug-likeness (QED) is 0.325. The van der Waals surface area contributed by atoms with E-state index in [1.54, 1.807) is 12.1 Å². The van der Waals surface area contributed by atoms with Crippen molar-refractivity contribution in [3.63, 3.8) is 0 Å². The molecular formula is C22H30O2. The molecule has 0 N–H and O–H groups in total. The Morgan fingerprint density at radius 2 is 1.58 bits per heavy atom. The van der Waals surface area contributed by atoms with Gasteiger partial charge in [-0.05, 0) is 42.2 Å². The third kappa shape index (κ3) is 6.57. The average molecular weight is 326 g/mol. The molecule has 2 aromatic carbocycles. The summed E-state index contributed by atoms with van der Waals surface area (Å²) in [6.07, 6.45) is 4.99. The molecule has 24 heavy (non-hydrogen) atoms. The molecule has 130 valence electrons. The van der Waals surface area contributed by atoms with E-state index in [9.17, 15) is 4.79 Å². The monoisotopic (exact) mass is 326 g/mol. The van der Waals surface area contributed by atoms with Gasteiger partial charge >= 0.3 is 5.97 Å². The normalized spacial score (nSPS) is 11.2. The zero-order valence-electron chi connectivity index (χ0n) is 15.4. The van der Waals surface area contributed by atoms with Crippen LogP contribution >= 0.6 is 0 Å². The highest BCUT2D eigenvalue weighted by Crippen LogP contribution is 2.22. The van der Waals surface area contributed by atoms with E-state index in [1.165, 1.54) is 31.2 Å². The number of para-hydroxylation sites is 1. The van der Waals surface area contributed by atoms with Gasteiger partial charge in [-0.1, -0.05) is 77.3 Å². The van der Waals surface area contributed by atoms with Crippen molar-refractivity contribution in [1.29, 1.82) is 0 Å². The number of unbranched alkanes of at least 4 members (excludes halogenated alkanes) is 2. The lowest BCUT2D eigenvalue weighted by Crippen LogP contribution is -2.08. The van der Waals surface area contributed by atoms with Crippen molar-refractivity contribution in [2.24, 2.45) is 0 Å². The second-order valence-corrected chi connectivity index (χ2v) is 5.72. The zero-order valence-corrected chi connectivity index (χ0v) is 15.4. The van der Waals surface area contributed by atoms with Gasteiger partial charge in [-0.2, -0.15) is 0 Å². The standard InChI is InChI=1S/C20H24O2.C2H6/c1-3-4-6-9-16(2)17-12-14-18(15-13-17)20(21)22-19-10-7-5-8-11-19;1-2/h5,7-8,10-16H,3-4,6,9H2,1-2H3;1-2H3. The van der Waals surface area contributed by atoms with Crippen LogP contribution in [0.25, 0.3) is 0 Å². The van der Waals surface area contributed by atoms with Gasteiger partial charge in [-0.3, -0.25) is 0 Å². The first-order valence-corrected chi connectivity index (χ1v) is 9.08. The van der Waals surface area contributed by atoms with E-state index >= 15 is 0 Å². The van der Waals surface area contributed by atoms with Crippen molar-refractivity contribution in [3.05, 3.63) is 65.7 Å². The summed E-state index contributed by atoms with van der Waals surface area (Å²) in [6.45, 7) is 8.46. The molecule has 0 aliphatic heterocycles. The Labute approximate surface area is 146 Å². The smallest absolute Gasteiger partial charge is 0.343 e. The molecule has 0 aromatic heterocycles. The van der Waals surface area contributed by atoms with E-state index in [0.29, 0.717) is 17.2 Å². The highest BCUT2D eigenvalue weighted by atomic mass is 16.5. The highest BCUT2D eigenvalue weighted by Gasteiger charge is 2.10. The molecule has 1 unspecified atom stereocenters. The number of esters is 1. The van der Waals surface area contributed by atoms with Gasteiger partial charge in [-0.25, -0.2) is 4.79 Å². The maximum Gasteiger partial charge on any atom is 0.343 e. The molecule has 2 aromatic rings. The summed E-state index contributed by atoms with van der Waals surface area (Å²) in [4.78, 5) is 12.1. The van der Waals surface area contributed by atoms with Crippen molar-refractivity contribution in [2.45, 2.75) is 59.3 Å². The molecule has 0 saturated heterocycles. The molecule has 1 atom stereocenters. The van der Waals surface area contributed by atoms with E-state index < -0.39 is 0 Å². The number of rotatable bonds is 7. The summed E-state index contributed by atoms with van der Waals surface area (Å²) in [5.74, 6) is 0.798. The fraction of sp³-hybridized carbons (Fsp3) is 0.409. The number of hydrogen-bond acceptors (Lipinski definition) is 2. The van der Waals surface area contributed by atoms with Crippen LogP contribution in [0, 0.1) is 0 Å². The van der Waals surface area contributed by atoms with Crippen molar-refractivity contribution < 1.29 is 9.53 Å². The predicted octanol–water partition coefficient (Wildman–Crippen LogP) is 6.62. The molecule has 0 amide bonds. The van der Waals surface area contributed by atoms with Crippen LogP contribution in [0.4, 0.5) is 0 Å². The van der Waals surface area contributed by atoms with Crippen LogP contribution in [0.5, 0.6) is 5.75 Å². The van der Waals surface area contributed by atoms with Crippen LogP contribution in [0.1, 0.15) is 75.2 Å². The van der Waals surface area contributed by atoms with Crippen LogP contribution < -0.4 is 4.74 Å². The number of ether oxygens (including phenoxy) is 1. The summed E-state index contributed by atoms with van der Waals surface area (Å²) < 4.78 is 5.34. The Kier molecular flexibility index (Phi) is 9.52. The minimum atomic E-state index is -0.309. The zero-order chi connectivity index (χ0) is 17.8. The molecule has 0 aliphatic carbocycles. The van der Waals surface area contributed by atoms with Gasteiger partial charge in [0.25, 0.3) is 0 Å². The van der Waals surface area contributed by atoms with Crippen molar-refractivity contribution in [1.82, 2.24) is 0 Å². The Hall–Kier alpha value is -2.09. The van der Waals surface area contributed by atoms with Gasteiger partial charge in [0, 0.05) is 0 Å². The van der Waals surface area contributed by atoms with Gasteiger partial charge in [0.15, 0.2) is 0 Å². The molecule has 0 heterocycles. The molecule has 0 saturated carbocycles. The van der Waals surface area contributed by atoms with Gasteiger partial charge in [0.2, 0.25) is 0 Å². The van der Waals surface area contributed by atoms with Gasteiger partial charge in [0.05, 0.1) is 5.56 Å². The van der Waals surface area contributed by atoms with Crippen LogP contribution in [0.3, 0.4) is 0 Å². The minimum Gasteiger partial charge on any atom is -0.423 e. The Balaban J connectivity index is 0.00000139. The SMILES string of the molecule is CC.CCCCCC(C)c1ccc(C(=O)Oc2ccccc2)cc1. The molecule has 0 spiro atoms. The largest absolute Gasteiger partial charge is 0.423 e. The molecule has 0 radical (unpaired) electrons. The maximum absolute atomic E-state index is 12.1. The Morgan fingerprint density at radius 1 is 0.958 bits per heavy atom. The van der Waals surface area contributed by atoms with Crippen molar-refractivity contribution >= 4 is 5.97 Å². The molecule has 2 nitrogen and oxygen atoms in total. The first kappa shape index (κ1) is 20.0. The van der Waals surface area contributed by atoms with E-state index in [2.05, 4.69) is 13.8 Å². The van der Waals surface area contributed by atoms with Crippen molar-refractivity contribution in [2.75, 3.05) is 0 Å². The number of hydrogen-bond donors (Lipinski definition) is 0. The predicted molar refractivity (Wildman–Crippen MR) is 102 cm³/mol. The summed E-state index contributed by atoms with van der Waals surface area (Å²) in [6, 6.07) is 17.0. The summed E-state index contributed by atoms with van der Waals surface area (Å²) in [5.41, 5.74) is 1.88. The first-order valence-electron chi connectivity index (χ1n) is 9.08. The fourth-order valence-corrected chi connectivity index (χ4v) is 2.47. The Bertz CT molecular complexity index is 573. The average Bonchev–Trinajstić information content (AvgIpc) is 2.64. The van der Waals surface area contributed by atoms with Crippen LogP contribution in [-0.4, -0.2) is 5.97 Å². The van der Waals surface area contributed by atoms with E-state index in [1.807, 2.05) is 56.3 Å².